The number of hydrogen-bond acceptors (Lipinski definition) is 4. The number of nitrogens with zero attached hydrogens (tertiary/aromatic N) is 3. The molecule has 0 amide bonds. The summed E-state index contributed by atoms with van der Waals surface area (Å²) in [6.07, 6.45) is -2.97. The van der Waals surface area contributed by atoms with E-state index >= 15 is 0 Å². The zero-order valence-electron chi connectivity index (χ0n) is 19.0. The van der Waals surface area contributed by atoms with Gasteiger partial charge in [-0.2, -0.15) is 13.2 Å². The van der Waals surface area contributed by atoms with Crippen LogP contribution >= 0.6 is 0 Å². The zero-order valence-corrected chi connectivity index (χ0v) is 19.0. The predicted molar refractivity (Wildman–Crippen MR) is 128 cm³/mol. The van der Waals surface area contributed by atoms with Gasteiger partial charge in [0.1, 0.15) is 17.0 Å². The molecule has 2 heterocycles. The Balaban J connectivity index is 1.47. The van der Waals surface area contributed by atoms with Crippen molar-refractivity contribution in [2.75, 3.05) is 18.0 Å². The van der Waals surface area contributed by atoms with E-state index in [0.29, 0.717) is 48.5 Å². The van der Waals surface area contributed by atoms with E-state index in [4.69, 9.17) is 4.98 Å². The first-order valence-corrected chi connectivity index (χ1v) is 11.4. The second-order valence-corrected chi connectivity index (χ2v) is 8.76. The topological polar surface area (TPSA) is 66.3 Å². The highest BCUT2D eigenvalue weighted by molar-refractivity contribution is 6.01. The van der Waals surface area contributed by atoms with E-state index in [-0.39, 0.29) is 17.0 Å². The van der Waals surface area contributed by atoms with Crippen LogP contribution in [-0.4, -0.2) is 34.1 Å². The molecular weight excluding hydrogens is 474 g/mol. The molecule has 9 heteroatoms. The Hall–Kier alpha value is -4.01. The maximum atomic E-state index is 13.6. The molecule has 0 radical (unpaired) electrons. The van der Waals surface area contributed by atoms with Crippen LogP contribution in [0.1, 0.15) is 40.2 Å². The van der Waals surface area contributed by atoms with Crippen molar-refractivity contribution in [3.05, 3.63) is 89.2 Å². The van der Waals surface area contributed by atoms with E-state index in [2.05, 4.69) is 4.98 Å². The highest BCUT2D eigenvalue weighted by Gasteiger charge is 2.31. The minimum Gasteiger partial charge on any atom is -0.478 e. The van der Waals surface area contributed by atoms with E-state index in [0.717, 1.165) is 17.7 Å². The van der Waals surface area contributed by atoms with Gasteiger partial charge >= 0.3 is 12.1 Å². The van der Waals surface area contributed by atoms with E-state index < -0.39 is 23.5 Å². The molecule has 1 fully saturated rings. The third-order valence-electron chi connectivity index (χ3n) is 6.53. The summed E-state index contributed by atoms with van der Waals surface area (Å²) in [5.41, 5.74) is 1.94. The first-order valence-electron chi connectivity index (χ1n) is 11.4. The Kier molecular flexibility index (Phi) is 6.07. The van der Waals surface area contributed by atoms with Gasteiger partial charge in [0, 0.05) is 18.7 Å². The molecular formula is C27H21F4N3O2. The number of hydrogen-bond donors (Lipinski definition) is 1. The smallest absolute Gasteiger partial charge is 0.416 e. The highest BCUT2D eigenvalue weighted by Crippen LogP contribution is 2.36. The molecule has 184 valence electrons. The van der Waals surface area contributed by atoms with Crippen LogP contribution in [0.25, 0.3) is 22.3 Å². The summed E-state index contributed by atoms with van der Waals surface area (Å²) >= 11 is 0. The summed E-state index contributed by atoms with van der Waals surface area (Å²) in [4.78, 5) is 23.2. The first kappa shape index (κ1) is 23.7. The molecule has 0 saturated carbocycles. The van der Waals surface area contributed by atoms with Crippen LogP contribution in [0.3, 0.4) is 0 Å². The Bertz CT molecular complexity index is 1410. The SMILES string of the molecule is O=C(O)c1cccc2nc(N3CCC(c4ccc(C(F)(F)F)cc4)CC3)c(-c3ccc(F)cc3)nc12. The van der Waals surface area contributed by atoms with Gasteiger partial charge in [0.25, 0.3) is 0 Å². The lowest BCUT2D eigenvalue weighted by Gasteiger charge is -2.34. The fourth-order valence-electron chi connectivity index (χ4n) is 4.63. The summed E-state index contributed by atoms with van der Waals surface area (Å²) in [6, 6.07) is 15.8. The molecule has 36 heavy (non-hydrogen) atoms. The second-order valence-electron chi connectivity index (χ2n) is 8.76. The lowest BCUT2D eigenvalue weighted by atomic mass is 9.89. The molecule has 1 aliphatic rings. The largest absolute Gasteiger partial charge is 0.478 e. The summed E-state index contributed by atoms with van der Waals surface area (Å²) in [5.74, 6) is -0.866. The third kappa shape index (κ3) is 4.60. The zero-order chi connectivity index (χ0) is 25.4. The second kappa shape index (κ2) is 9.22. The van der Waals surface area contributed by atoms with E-state index in [9.17, 15) is 27.5 Å². The van der Waals surface area contributed by atoms with Crippen LogP contribution in [0.15, 0.2) is 66.7 Å². The van der Waals surface area contributed by atoms with Gasteiger partial charge in [-0.1, -0.05) is 18.2 Å². The first-order chi connectivity index (χ1) is 17.2. The number of carboxylic acid groups (broad SMARTS) is 1. The molecule has 0 aliphatic carbocycles. The van der Waals surface area contributed by atoms with Crippen LogP contribution in [0, 0.1) is 5.82 Å². The highest BCUT2D eigenvalue weighted by atomic mass is 19.4. The lowest BCUT2D eigenvalue weighted by Crippen LogP contribution is -2.34. The van der Waals surface area contributed by atoms with Crippen LogP contribution in [0.2, 0.25) is 0 Å². The quantitative estimate of drug-likeness (QED) is 0.326. The van der Waals surface area contributed by atoms with Crippen molar-refractivity contribution in [2.45, 2.75) is 24.9 Å². The summed E-state index contributed by atoms with van der Waals surface area (Å²) < 4.78 is 52.3. The average Bonchev–Trinajstić information content (AvgIpc) is 2.87. The Morgan fingerprint density at radius 1 is 0.917 bits per heavy atom. The van der Waals surface area contributed by atoms with Crippen molar-refractivity contribution in [3.63, 3.8) is 0 Å². The molecule has 0 bridgehead atoms. The standard InChI is InChI=1S/C27H21F4N3O2/c28-20-10-6-18(7-11-20)23-25(32-22-3-1-2-21(26(35)36)24(22)33-23)34-14-12-17(13-15-34)16-4-8-19(9-5-16)27(29,30)31/h1-11,17H,12-15H2,(H,35,36). The number of benzene rings is 3. The van der Waals surface area contributed by atoms with Crippen LogP contribution in [0.5, 0.6) is 0 Å². The molecule has 4 aromatic rings. The molecule has 1 N–H and O–H groups in total. The monoisotopic (exact) mass is 495 g/mol. The number of para-hydroxylation sites is 1. The average molecular weight is 495 g/mol. The summed E-state index contributed by atoms with van der Waals surface area (Å²) in [6.45, 7) is 1.16. The number of piperidine rings is 1. The number of anilines is 1. The summed E-state index contributed by atoms with van der Waals surface area (Å²) in [7, 11) is 0. The normalized spacial score (nSPS) is 14.8. The van der Waals surface area contributed by atoms with Crippen molar-refractivity contribution in [2.24, 2.45) is 0 Å². The van der Waals surface area contributed by atoms with Gasteiger partial charge in [0.2, 0.25) is 0 Å². The number of rotatable bonds is 4. The number of halogens is 4. The number of aromatic carboxylic acids is 1. The maximum Gasteiger partial charge on any atom is 0.416 e. The summed E-state index contributed by atoms with van der Waals surface area (Å²) in [5, 5.41) is 9.61. The predicted octanol–water partition coefficient (Wildman–Crippen LogP) is 6.54. The van der Waals surface area contributed by atoms with Crippen molar-refractivity contribution >= 4 is 22.8 Å². The van der Waals surface area contributed by atoms with Crippen molar-refractivity contribution < 1.29 is 27.5 Å². The number of alkyl halides is 3. The molecule has 1 aromatic heterocycles. The Morgan fingerprint density at radius 2 is 1.58 bits per heavy atom. The van der Waals surface area contributed by atoms with E-state index in [1.165, 1.54) is 30.3 Å². The van der Waals surface area contributed by atoms with Gasteiger partial charge in [0.15, 0.2) is 5.82 Å². The minimum atomic E-state index is -4.37. The van der Waals surface area contributed by atoms with E-state index in [1.54, 1.807) is 24.3 Å². The molecule has 1 aliphatic heterocycles. The molecule has 0 unspecified atom stereocenters. The van der Waals surface area contributed by atoms with Crippen molar-refractivity contribution in [3.8, 4) is 11.3 Å². The Morgan fingerprint density at radius 3 is 2.19 bits per heavy atom. The van der Waals surface area contributed by atoms with Gasteiger partial charge in [-0.05, 0) is 72.9 Å². The van der Waals surface area contributed by atoms with Crippen LogP contribution in [0.4, 0.5) is 23.4 Å². The molecule has 5 rings (SSSR count). The van der Waals surface area contributed by atoms with Crippen molar-refractivity contribution in [1.82, 2.24) is 9.97 Å². The van der Waals surface area contributed by atoms with E-state index in [1.807, 2.05) is 4.90 Å². The molecule has 0 atom stereocenters. The number of aromatic nitrogens is 2. The molecule has 5 nitrogen and oxygen atoms in total. The number of carboxylic acids is 1. The number of fused-ring (bicyclic) bond motifs is 1. The third-order valence-corrected chi connectivity index (χ3v) is 6.53. The minimum absolute atomic E-state index is 0.0240. The Labute approximate surface area is 204 Å². The molecule has 3 aromatic carbocycles. The van der Waals surface area contributed by atoms with Gasteiger partial charge < -0.3 is 10.0 Å². The van der Waals surface area contributed by atoms with Gasteiger partial charge in [0.05, 0.1) is 16.6 Å². The maximum absolute atomic E-state index is 13.6. The fourth-order valence-corrected chi connectivity index (χ4v) is 4.63. The van der Waals surface area contributed by atoms with Gasteiger partial charge in [-0.15, -0.1) is 0 Å². The van der Waals surface area contributed by atoms with Gasteiger partial charge in [-0.3, -0.25) is 0 Å². The van der Waals surface area contributed by atoms with Gasteiger partial charge in [-0.25, -0.2) is 19.2 Å². The van der Waals surface area contributed by atoms with Crippen LogP contribution < -0.4 is 4.90 Å². The van der Waals surface area contributed by atoms with Crippen molar-refractivity contribution in [1.29, 1.82) is 0 Å². The fraction of sp³-hybridized carbons (Fsp3) is 0.222. The molecule has 0 spiro atoms. The van der Waals surface area contributed by atoms with Crippen LogP contribution in [-0.2, 0) is 6.18 Å². The molecule has 1 saturated heterocycles. The number of carbonyl (C=O) groups is 1. The lowest BCUT2D eigenvalue weighted by molar-refractivity contribution is -0.137.